The molecule has 1 aromatic carbocycles. The number of ether oxygens (including phenoxy) is 1. The summed E-state index contributed by atoms with van der Waals surface area (Å²) in [6, 6.07) is 8.40. The number of carbonyl (C=O) groups is 1. The van der Waals surface area contributed by atoms with Crippen LogP contribution in [0, 0.1) is 0 Å². The van der Waals surface area contributed by atoms with Gasteiger partial charge in [-0.1, -0.05) is 31.2 Å². The third-order valence-corrected chi connectivity index (χ3v) is 5.27. The first kappa shape index (κ1) is 17.3. The minimum absolute atomic E-state index is 0.0643. The van der Waals surface area contributed by atoms with Crippen LogP contribution in [0.5, 0.6) is 0 Å². The second-order valence-electron chi connectivity index (χ2n) is 8.26. The standard InChI is InChI=1S/C20H29NO3/c1-5-14-6-8-15(9-7-14)20(23)12-16-10-11-17(13-20)21(16)18(22)24-19(2,3)4/h6-9,16-17,23H,5,10-13H2,1-4H3. The predicted octanol–water partition coefficient (Wildman–Crippen LogP) is 4.00. The minimum Gasteiger partial charge on any atom is -0.444 e. The third kappa shape index (κ3) is 3.30. The molecule has 0 radical (unpaired) electrons. The van der Waals surface area contributed by atoms with Gasteiger partial charge in [-0.2, -0.15) is 0 Å². The van der Waals surface area contributed by atoms with Gasteiger partial charge >= 0.3 is 6.09 Å². The molecule has 0 saturated carbocycles. The van der Waals surface area contributed by atoms with Gasteiger partial charge in [0.05, 0.1) is 5.60 Å². The SMILES string of the molecule is CCc1ccc(C2(O)CC3CCC(C2)N3C(=O)OC(C)(C)C)cc1. The summed E-state index contributed by atoms with van der Waals surface area (Å²) in [6.07, 6.45) is 3.83. The Balaban J connectivity index is 1.77. The van der Waals surface area contributed by atoms with Crippen LogP contribution in [0.4, 0.5) is 4.79 Å². The first-order valence-corrected chi connectivity index (χ1v) is 9.05. The molecule has 132 valence electrons. The summed E-state index contributed by atoms with van der Waals surface area (Å²) >= 11 is 0. The number of hydrogen-bond acceptors (Lipinski definition) is 3. The summed E-state index contributed by atoms with van der Waals surface area (Å²) in [6.45, 7) is 7.80. The van der Waals surface area contributed by atoms with Crippen molar-refractivity contribution in [3.05, 3.63) is 35.4 Å². The predicted molar refractivity (Wildman–Crippen MR) is 93.8 cm³/mol. The fraction of sp³-hybridized carbons (Fsp3) is 0.650. The summed E-state index contributed by atoms with van der Waals surface area (Å²) in [5.74, 6) is 0. The molecule has 3 rings (SSSR count). The lowest BCUT2D eigenvalue weighted by atomic mass is 9.80. The molecule has 2 heterocycles. The second-order valence-corrected chi connectivity index (χ2v) is 8.26. The molecule has 2 saturated heterocycles. The van der Waals surface area contributed by atoms with Gasteiger partial charge in [0.15, 0.2) is 0 Å². The Morgan fingerprint density at radius 2 is 1.75 bits per heavy atom. The maximum Gasteiger partial charge on any atom is 0.410 e. The third-order valence-electron chi connectivity index (χ3n) is 5.27. The molecule has 2 fully saturated rings. The highest BCUT2D eigenvalue weighted by atomic mass is 16.6. The van der Waals surface area contributed by atoms with E-state index in [0.29, 0.717) is 12.8 Å². The molecule has 0 spiro atoms. The van der Waals surface area contributed by atoms with E-state index in [-0.39, 0.29) is 18.2 Å². The van der Waals surface area contributed by atoms with E-state index in [4.69, 9.17) is 4.74 Å². The van der Waals surface area contributed by atoms with E-state index < -0.39 is 11.2 Å². The number of carbonyl (C=O) groups excluding carboxylic acids is 1. The summed E-state index contributed by atoms with van der Waals surface area (Å²) in [4.78, 5) is 14.4. The van der Waals surface area contributed by atoms with Crippen LogP contribution in [0.2, 0.25) is 0 Å². The lowest BCUT2D eigenvalue weighted by Crippen LogP contribution is -2.53. The van der Waals surface area contributed by atoms with Gasteiger partial charge in [-0.15, -0.1) is 0 Å². The van der Waals surface area contributed by atoms with E-state index in [2.05, 4.69) is 19.1 Å². The molecule has 2 bridgehead atoms. The van der Waals surface area contributed by atoms with Crippen molar-refractivity contribution in [3.63, 3.8) is 0 Å². The van der Waals surface area contributed by atoms with E-state index in [1.54, 1.807) is 0 Å². The van der Waals surface area contributed by atoms with Crippen molar-refractivity contribution in [1.82, 2.24) is 4.90 Å². The molecule has 0 aliphatic carbocycles. The number of nitrogens with zero attached hydrogens (tertiary/aromatic N) is 1. The van der Waals surface area contributed by atoms with Crippen molar-refractivity contribution in [2.24, 2.45) is 0 Å². The van der Waals surface area contributed by atoms with Crippen LogP contribution in [0.15, 0.2) is 24.3 Å². The number of amides is 1. The van der Waals surface area contributed by atoms with Gasteiger partial charge in [0.25, 0.3) is 0 Å². The maximum absolute atomic E-state index is 12.5. The van der Waals surface area contributed by atoms with Gasteiger partial charge in [0.1, 0.15) is 5.60 Å². The average molecular weight is 331 g/mol. The summed E-state index contributed by atoms with van der Waals surface area (Å²) < 4.78 is 5.57. The molecule has 24 heavy (non-hydrogen) atoms. The quantitative estimate of drug-likeness (QED) is 0.891. The zero-order valence-corrected chi connectivity index (χ0v) is 15.2. The van der Waals surface area contributed by atoms with E-state index in [1.807, 2.05) is 37.8 Å². The van der Waals surface area contributed by atoms with E-state index in [9.17, 15) is 9.90 Å². The summed E-state index contributed by atoms with van der Waals surface area (Å²) in [5, 5.41) is 11.2. The minimum atomic E-state index is -0.837. The number of aliphatic hydroxyl groups is 1. The fourth-order valence-corrected chi connectivity index (χ4v) is 4.12. The molecule has 0 aromatic heterocycles. The van der Waals surface area contributed by atoms with Gasteiger partial charge in [-0.3, -0.25) is 0 Å². The Morgan fingerprint density at radius 1 is 1.21 bits per heavy atom. The van der Waals surface area contributed by atoms with Gasteiger partial charge < -0.3 is 14.7 Å². The molecule has 2 aliphatic heterocycles. The Labute approximate surface area is 144 Å². The largest absolute Gasteiger partial charge is 0.444 e. The normalized spacial score (nSPS) is 29.6. The molecular formula is C20H29NO3. The van der Waals surface area contributed by atoms with Crippen LogP contribution in [0.3, 0.4) is 0 Å². The van der Waals surface area contributed by atoms with Crippen molar-refractivity contribution in [3.8, 4) is 0 Å². The summed E-state index contributed by atoms with van der Waals surface area (Å²) in [7, 11) is 0. The lowest BCUT2D eigenvalue weighted by molar-refractivity contribution is -0.0624. The average Bonchev–Trinajstić information content (AvgIpc) is 2.79. The first-order valence-electron chi connectivity index (χ1n) is 9.05. The molecule has 1 aromatic rings. The van der Waals surface area contributed by atoms with E-state index in [1.165, 1.54) is 5.56 Å². The second kappa shape index (κ2) is 6.07. The molecular weight excluding hydrogens is 302 g/mol. The van der Waals surface area contributed by atoms with Gasteiger partial charge in [0, 0.05) is 24.9 Å². The number of rotatable bonds is 2. The lowest BCUT2D eigenvalue weighted by Gasteiger charge is -2.44. The maximum atomic E-state index is 12.5. The summed E-state index contributed by atoms with van der Waals surface area (Å²) in [5.41, 5.74) is 0.925. The van der Waals surface area contributed by atoms with Crippen molar-refractivity contribution in [2.45, 2.75) is 83.1 Å². The van der Waals surface area contributed by atoms with Crippen LogP contribution < -0.4 is 0 Å². The van der Waals surface area contributed by atoms with Crippen LogP contribution in [0.25, 0.3) is 0 Å². The van der Waals surface area contributed by atoms with Crippen molar-refractivity contribution < 1.29 is 14.6 Å². The van der Waals surface area contributed by atoms with Gasteiger partial charge in [-0.25, -0.2) is 4.79 Å². The van der Waals surface area contributed by atoms with Crippen LogP contribution in [-0.4, -0.2) is 33.8 Å². The first-order chi connectivity index (χ1) is 11.2. The molecule has 4 heteroatoms. The monoisotopic (exact) mass is 331 g/mol. The zero-order valence-electron chi connectivity index (χ0n) is 15.2. The number of piperidine rings is 1. The Hall–Kier alpha value is -1.55. The van der Waals surface area contributed by atoms with Crippen LogP contribution in [0.1, 0.15) is 64.5 Å². The number of benzene rings is 1. The smallest absolute Gasteiger partial charge is 0.410 e. The Morgan fingerprint density at radius 3 is 2.21 bits per heavy atom. The molecule has 2 aliphatic rings. The molecule has 2 unspecified atom stereocenters. The fourth-order valence-electron chi connectivity index (χ4n) is 4.12. The highest BCUT2D eigenvalue weighted by Gasteiger charge is 2.51. The van der Waals surface area contributed by atoms with Gasteiger partial charge in [-0.05, 0) is 51.2 Å². The van der Waals surface area contributed by atoms with Crippen molar-refractivity contribution in [1.29, 1.82) is 0 Å². The zero-order chi connectivity index (χ0) is 17.5. The van der Waals surface area contributed by atoms with E-state index in [0.717, 1.165) is 24.8 Å². The van der Waals surface area contributed by atoms with Crippen molar-refractivity contribution in [2.75, 3.05) is 0 Å². The van der Waals surface area contributed by atoms with E-state index >= 15 is 0 Å². The molecule has 1 amide bonds. The van der Waals surface area contributed by atoms with Crippen LogP contribution >= 0.6 is 0 Å². The highest BCUT2D eigenvalue weighted by molar-refractivity contribution is 5.69. The Kier molecular flexibility index (Phi) is 4.37. The number of hydrogen-bond donors (Lipinski definition) is 1. The Bertz CT molecular complexity index is 588. The molecule has 2 atom stereocenters. The number of aryl methyl sites for hydroxylation is 1. The van der Waals surface area contributed by atoms with Gasteiger partial charge in [0.2, 0.25) is 0 Å². The van der Waals surface area contributed by atoms with Crippen LogP contribution in [-0.2, 0) is 16.8 Å². The van der Waals surface area contributed by atoms with Crippen molar-refractivity contribution >= 4 is 6.09 Å². The molecule has 1 N–H and O–H groups in total. The topological polar surface area (TPSA) is 49.8 Å². The highest BCUT2D eigenvalue weighted by Crippen LogP contribution is 2.46. The number of fused-ring (bicyclic) bond motifs is 2. The molecule has 4 nitrogen and oxygen atoms in total.